The van der Waals surface area contributed by atoms with E-state index < -0.39 is 23.3 Å². The molecule has 0 unspecified atom stereocenters. The van der Waals surface area contributed by atoms with Crippen molar-refractivity contribution < 1.29 is 22.7 Å². The first-order valence-electron chi connectivity index (χ1n) is 9.85. The van der Waals surface area contributed by atoms with Crippen molar-refractivity contribution in [2.24, 2.45) is 0 Å². The van der Waals surface area contributed by atoms with Crippen LogP contribution in [0, 0.1) is 6.92 Å². The van der Waals surface area contributed by atoms with Crippen molar-refractivity contribution in [2.75, 3.05) is 7.11 Å². The van der Waals surface area contributed by atoms with Crippen LogP contribution < -0.4 is 10.1 Å². The molecule has 32 heavy (non-hydrogen) atoms. The highest BCUT2D eigenvalue weighted by molar-refractivity contribution is 5.96. The van der Waals surface area contributed by atoms with E-state index in [4.69, 9.17) is 4.74 Å². The van der Waals surface area contributed by atoms with Crippen LogP contribution in [-0.2, 0) is 12.7 Å². The lowest BCUT2D eigenvalue weighted by atomic mass is 10.0. The highest BCUT2D eigenvalue weighted by atomic mass is 19.4. The van der Waals surface area contributed by atoms with Gasteiger partial charge in [0.2, 0.25) is 0 Å². The molecule has 0 aliphatic carbocycles. The minimum Gasteiger partial charge on any atom is -0.496 e. The van der Waals surface area contributed by atoms with Gasteiger partial charge in [-0.05, 0) is 35.4 Å². The van der Waals surface area contributed by atoms with Gasteiger partial charge in [-0.25, -0.2) is 4.68 Å². The van der Waals surface area contributed by atoms with E-state index in [9.17, 15) is 18.0 Å². The van der Waals surface area contributed by atoms with Gasteiger partial charge < -0.3 is 10.1 Å². The van der Waals surface area contributed by atoms with Gasteiger partial charge in [-0.2, -0.15) is 18.3 Å². The van der Waals surface area contributed by atoms with Gasteiger partial charge in [-0.3, -0.25) is 4.79 Å². The summed E-state index contributed by atoms with van der Waals surface area (Å²) in [4.78, 5) is 12.8. The van der Waals surface area contributed by atoms with Gasteiger partial charge in [0, 0.05) is 12.1 Å². The molecule has 164 valence electrons. The number of hydrogen-bond acceptors (Lipinski definition) is 3. The minimum absolute atomic E-state index is 0.00377. The van der Waals surface area contributed by atoms with E-state index in [2.05, 4.69) is 10.4 Å². The standard InChI is InChI=1S/C24H20F3N3O2/c1-15-7-3-6-10-20(15)30-22(24(25,26)27)19(14-29-30)23(31)28-13-18-17-9-5-4-8-16(17)11-12-21(18)32-2/h3-12,14H,13H2,1-2H3,(H,28,31). The number of amides is 1. The SMILES string of the molecule is COc1ccc2ccccc2c1CNC(=O)c1cnn(-c2ccccc2C)c1C(F)(F)F. The van der Waals surface area contributed by atoms with Crippen molar-refractivity contribution in [1.29, 1.82) is 0 Å². The molecule has 3 aromatic carbocycles. The number of hydrogen-bond donors (Lipinski definition) is 1. The third-order valence-electron chi connectivity index (χ3n) is 5.27. The zero-order valence-corrected chi connectivity index (χ0v) is 17.4. The first-order chi connectivity index (χ1) is 15.3. The topological polar surface area (TPSA) is 56.1 Å². The molecule has 4 aromatic rings. The van der Waals surface area contributed by atoms with Crippen molar-refractivity contribution >= 4 is 16.7 Å². The molecule has 0 saturated carbocycles. The predicted molar refractivity (Wildman–Crippen MR) is 115 cm³/mol. The van der Waals surface area contributed by atoms with Crippen LogP contribution in [0.5, 0.6) is 5.75 Å². The molecule has 5 nitrogen and oxygen atoms in total. The van der Waals surface area contributed by atoms with E-state index >= 15 is 0 Å². The van der Waals surface area contributed by atoms with Crippen LogP contribution in [0.4, 0.5) is 13.2 Å². The normalized spacial score (nSPS) is 11.5. The first-order valence-corrected chi connectivity index (χ1v) is 9.85. The molecule has 0 spiro atoms. The average Bonchev–Trinajstić information content (AvgIpc) is 3.23. The molecule has 1 aromatic heterocycles. The van der Waals surface area contributed by atoms with Crippen molar-refractivity contribution in [2.45, 2.75) is 19.6 Å². The van der Waals surface area contributed by atoms with Crippen LogP contribution in [0.25, 0.3) is 16.5 Å². The Hall–Kier alpha value is -3.81. The lowest BCUT2D eigenvalue weighted by Crippen LogP contribution is -2.26. The van der Waals surface area contributed by atoms with Gasteiger partial charge in [-0.1, -0.05) is 48.5 Å². The number of alkyl halides is 3. The molecule has 0 aliphatic rings. The lowest BCUT2D eigenvalue weighted by molar-refractivity contribution is -0.143. The molecule has 0 fully saturated rings. The Kier molecular flexibility index (Phi) is 5.61. The largest absolute Gasteiger partial charge is 0.496 e. The number of nitrogens with one attached hydrogen (secondary N) is 1. The van der Waals surface area contributed by atoms with Crippen LogP contribution in [-0.4, -0.2) is 22.8 Å². The second-order valence-corrected chi connectivity index (χ2v) is 7.25. The summed E-state index contributed by atoms with van der Waals surface area (Å²) in [5.41, 5.74) is -0.115. The molecule has 4 rings (SSSR count). The maximum absolute atomic E-state index is 13.9. The summed E-state index contributed by atoms with van der Waals surface area (Å²) < 4.78 is 48.0. The smallest absolute Gasteiger partial charge is 0.434 e. The second-order valence-electron chi connectivity index (χ2n) is 7.25. The fourth-order valence-electron chi connectivity index (χ4n) is 3.72. The molecule has 8 heteroatoms. The van der Waals surface area contributed by atoms with E-state index in [1.54, 1.807) is 31.2 Å². The van der Waals surface area contributed by atoms with Gasteiger partial charge in [0.05, 0.1) is 24.6 Å². The monoisotopic (exact) mass is 439 g/mol. The number of rotatable bonds is 5. The van der Waals surface area contributed by atoms with Crippen molar-refractivity contribution in [3.05, 3.63) is 89.2 Å². The molecule has 0 radical (unpaired) electrons. The fraction of sp³-hybridized carbons (Fsp3) is 0.167. The number of benzene rings is 3. The van der Waals surface area contributed by atoms with Gasteiger partial charge in [-0.15, -0.1) is 0 Å². The number of carbonyl (C=O) groups excluding carboxylic acids is 1. The summed E-state index contributed by atoms with van der Waals surface area (Å²) in [7, 11) is 1.50. The van der Waals surface area contributed by atoms with E-state index in [1.165, 1.54) is 13.2 Å². The Bertz CT molecular complexity index is 1300. The van der Waals surface area contributed by atoms with E-state index in [0.29, 0.717) is 16.9 Å². The summed E-state index contributed by atoms with van der Waals surface area (Å²) in [5, 5.41) is 8.26. The molecule has 0 aliphatic heterocycles. The van der Waals surface area contributed by atoms with Crippen molar-refractivity contribution in [1.82, 2.24) is 15.1 Å². The molecule has 1 amide bonds. The molecule has 0 atom stereocenters. The van der Waals surface area contributed by atoms with Crippen molar-refractivity contribution in [3.63, 3.8) is 0 Å². The summed E-state index contributed by atoms with van der Waals surface area (Å²) in [6, 6.07) is 17.7. The Labute approximate surface area is 182 Å². The van der Waals surface area contributed by atoms with Crippen LogP contribution in [0.3, 0.4) is 0 Å². The number of fused-ring (bicyclic) bond motifs is 1. The van der Waals surface area contributed by atoms with E-state index in [0.717, 1.165) is 21.7 Å². The first kappa shape index (κ1) is 21.4. The lowest BCUT2D eigenvalue weighted by Gasteiger charge is -2.15. The zero-order chi connectivity index (χ0) is 22.9. The highest BCUT2D eigenvalue weighted by Gasteiger charge is 2.40. The van der Waals surface area contributed by atoms with Crippen LogP contribution in [0.15, 0.2) is 66.9 Å². The number of ether oxygens (including phenoxy) is 1. The number of halogens is 3. The Morgan fingerprint density at radius 1 is 1.06 bits per heavy atom. The zero-order valence-electron chi connectivity index (χ0n) is 17.4. The van der Waals surface area contributed by atoms with Crippen LogP contribution in [0.2, 0.25) is 0 Å². The van der Waals surface area contributed by atoms with Crippen molar-refractivity contribution in [3.8, 4) is 11.4 Å². The molecular formula is C24H20F3N3O2. The highest BCUT2D eigenvalue weighted by Crippen LogP contribution is 2.34. The van der Waals surface area contributed by atoms with E-state index in [1.807, 2.05) is 30.3 Å². The number of para-hydroxylation sites is 1. The quantitative estimate of drug-likeness (QED) is 0.460. The fourth-order valence-corrected chi connectivity index (χ4v) is 3.72. The Morgan fingerprint density at radius 3 is 2.50 bits per heavy atom. The summed E-state index contributed by atoms with van der Waals surface area (Å²) in [6.07, 6.45) is -3.83. The number of methoxy groups -OCH3 is 1. The summed E-state index contributed by atoms with van der Waals surface area (Å²) in [6.45, 7) is 1.68. The van der Waals surface area contributed by atoms with Crippen LogP contribution >= 0.6 is 0 Å². The predicted octanol–water partition coefficient (Wildman–Crippen LogP) is 5.29. The summed E-state index contributed by atoms with van der Waals surface area (Å²) >= 11 is 0. The van der Waals surface area contributed by atoms with Gasteiger partial charge in [0.25, 0.3) is 5.91 Å². The Balaban J connectivity index is 1.70. The number of carbonyl (C=O) groups is 1. The minimum atomic E-state index is -4.78. The third kappa shape index (κ3) is 3.91. The molecule has 0 bridgehead atoms. The molecular weight excluding hydrogens is 419 g/mol. The second kappa shape index (κ2) is 8.37. The number of nitrogens with zero attached hydrogens (tertiary/aromatic N) is 2. The third-order valence-corrected chi connectivity index (χ3v) is 5.27. The maximum atomic E-state index is 13.9. The Morgan fingerprint density at radius 2 is 1.78 bits per heavy atom. The molecule has 0 saturated heterocycles. The summed E-state index contributed by atoms with van der Waals surface area (Å²) in [5.74, 6) is -0.331. The van der Waals surface area contributed by atoms with Gasteiger partial charge in [0.15, 0.2) is 5.69 Å². The molecule has 1 heterocycles. The van der Waals surface area contributed by atoms with Crippen LogP contribution in [0.1, 0.15) is 27.2 Å². The average molecular weight is 439 g/mol. The maximum Gasteiger partial charge on any atom is 0.434 e. The van der Waals surface area contributed by atoms with Gasteiger partial charge in [0.1, 0.15) is 5.75 Å². The number of aromatic nitrogens is 2. The van der Waals surface area contributed by atoms with Gasteiger partial charge >= 0.3 is 6.18 Å². The van der Waals surface area contributed by atoms with E-state index in [-0.39, 0.29) is 12.2 Å². The molecule has 1 N–H and O–H groups in total. The number of aryl methyl sites for hydroxylation is 1.